The molecule has 2 aromatic carbocycles. The smallest absolute Gasteiger partial charge is 0.281 e. The number of carbonyl (C=O) groups excluding carboxylic acids is 1. The number of likely N-dealkylation sites (tertiary alicyclic amines) is 1. The minimum atomic E-state index is -1.12. The van der Waals surface area contributed by atoms with Crippen molar-refractivity contribution in [2.24, 2.45) is 12.8 Å². The molecule has 4 aromatic rings. The minimum Gasteiger partial charge on any atom is -0.491 e. The van der Waals surface area contributed by atoms with Crippen molar-refractivity contribution in [1.82, 2.24) is 24.2 Å². The zero-order chi connectivity index (χ0) is 28.0. The molecule has 2 aliphatic rings. The van der Waals surface area contributed by atoms with Crippen LogP contribution in [0, 0.1) is 0 Å². The van der Waals surface area contributed by atoms with Crippen molar-refractivity contribution in [1.29, 1.82) is 0 Å². The molecule has 2 atom stereocenters. The topological polar surface area (TPSA) is 129 Å². The molecule has 1 fully saturated rings. The number of hydrogen-bond donors (Lipinski definition) is 2. The number of nitrogens with zero attached hydrogens (tertiary/aromatic N) is 5. The number of rotatable bonds is 6. The lowest BCUT2D eigenvalue weighted by molar-refractivity contribution is -0.136. The molecule has 10 nitrogen and oxygen atoms in total. The van der Waals surface area contributed by atoms with Crippen LogP contribution in [0.5, 0.6) is 5.75 Å². The van der Waals surface area contributed by atoms with Gasteiger partial charge in [-0.1, -0.05) is 37.3 Å². The highest BCUT2D eigenvalue weighted by molar-refractivity contribution is 5.89. The van der Waals surface area contributed by atoms with Crippen LogP contribution in [0.2, 0.25) is 0 Å². The van der Waals surface area contributed by atoms with Gasteiger partial charge in [-0.3, -0.25) is 18.8 Å². The van der Waals surface area contributed by atoms with E-state index in [0.29, 0.717) is 44.5 Å². The summed E-state index contributed by atoms with van der Waals surface area (Å²) in [6, 6.07) is 15.6. The Hall–Kier alpha value is -4.02. The third-order valence-corrected chi connectivity index (χ3v) is 8.27. The largest absolute Gasteiger partial charge is 0.491 e. The maximum absolute atomic E-state index is 13.4. The molecule has 2 aliphatic heterocycles. The molecule has 0 radical (unpaired) electrons. The quantitative estimate of drug-likeness (QED) is 0.383. The van der Waals surface area contributed by atoms with E-state index >= 15 is 0 Å². The number of fused-ring (bicyclic) bond motifs is 2. The summed E-state index contributed by atoms with van der Waals surface area (Å²) in [5, 5.41) is 15.8. The number of aryl methyl sites for hydroxylation is 1. The van der Waals surface area contributed by atoms with Crippen LogP contribution in [0.3, 0.4) is 0 Å². The van der Waals surface area contributed by atoms with E-state index in [4.69, 9.17) is 10.5 Å². The first-order valence-corrected chi connectivity index (χ1v) is 13.7. The average Bonchev–Trinajstić information content (AvgIpc) is 3.50. The highest BCUT2D eigenvalue weighted by atomic mass is 16.5. The molecule has 2 unspecified atom stereocenters. The number of benzene rings is 2. The summed E-state index contributed by atoms with van der Waals surface area (Å²) in [6.07, 6.45) is 2.67. The highest BCUT2D eigenvalue weighted by Crippen LogP contribution is 2.36. The van der Waals surface area contributed by atoms with Crippen LogP contribution in [0.15, 0.2) is 59.7 Å². The van der Waals surface area contributed by atoms with Gasteiger partial charge in [-0.15, -0.1) is 0 Å². The van der Waals surface area contributed by atoms with Crippen LogP contribution in [0.25, 0.3) is 22.3 Å². The Morgan fingerprint density at radius 2 is 1.93 bits per heavy atom. The van der Waals surface area contributed by atoms with Crippen molar-refractivity contribution < 1.29 is 14.6 Å². The molecule has 2 aromatic heterocycles. The summed E-state index contributed by atoms with van der Waals surface area (Å²) in [5.41, 5.74) is 9.11. The lowest BCUT2D eigenvalue weighted by Crippen LogP contribution is -2.49. The second-order valence-electron chi connectivity index (χ2n) is 11.1. The Labute approximate surface area is 232 Å². The fourth-order valence-corrected chi connectivity index (χ4v) is 5.86. The van der Waals surface area contributed by atoms with Crippen LogP contribution < -0.4 is 16.0 Å². The zero-order valence-corrected chi connectivity index (χ0v) is 22.8. The fraction of sp³-hybridized carbons (Fsp3) is 0.400. The van der Waals surface area contributed by atoms with E-state index in [2.05, 4.69) is 17.0 Å². The van der Waals surface area contributed by atoms with Gasteiger partial charge in [0.25, 0.3) is 5.56 Å². The highest BCUT2D eigenvalue weighted by Gasteiger charge is 2.35. The third kappa shape index (κ3) is 4.77. The molecular formula is C30H34N6O4. The summed E-state index contributed by atoms with van der Waals surface area (Å²) in [7, 11) is 1.78. The zero-order valence-electron chi connectivity index (χ0n) is 22.8. The first-order chi connectivity index (χ1) is 19.2. The van der Waals surface area contributed by atoms with Crippen molar-refractivity contribution in [2.75, 3.05) is 19.7 Å². The molecule has 40 heavy (non-hydrogen) atoms. The summed E-state index contributed by atoms with van der Waals surface area (Å²) in [4.78, 5) is 32.8. The molecule has 0 spiro atoms. The number of nitrogens with two attached hydrogens (primary N) is 1. The van der Waals surface area contributed by atoms with Crippen molar-refractivity contribution >= 4 is 16.9 Å². The number of amides is 1. The molecule has 3 N–H and O–H groups in total. The summed E-state index contributed by atoms with van der Waals surface area (Å²) in [5.74, 6) is 0.972. The van der Waals surface area contributed by atoms with Gasteiger partial charge in [-0.2, -0.15) is 5.10 Å². The van der Waals surface area contributed by atoms with Gasteiger partial charge in [0, 0.05) is 37.7 Å². The Bertz CT molecular complexity index is 1620. The van der Waals surface area contributed by atoms with E-state index in [1.807, 2.05) is 53.4 Å². The number of piperidine rings is 1. The molecule has 1 saturated heterocycles. The van der Waals surface area contributed by atoms with Gasteiger partial charge in [-0.25, -0.2) is 4.98 Å². The molecule has 0 bridgehead atoms. The van der Waals surface area contributed by atoms with Crippen LogP contribution >= 0.6 is 0 Å². The predicted octanol–water partition coefficient (Wildman–Crippen LogP) is 2.74. The number of hydrogen-bond acceptors (Lipinski definition) is 7. The van der Waals surface area contributed by atoms with Crippen LogP contribution in [-0.2, 0) is 18.4 Å². The summed E-state index contributed by atoms with van der Waals surface area (Å²) in [6.45, 7) is 3.47. The SMILES string of the molecule is CC(CC(=O)N1CCC(O)(Cn2cnc3c(-c4ccc5c(c4)C(N)CO5)n(C)nc3c2=O)CC1)c1ccccc1. The van der Waals surface area contributed by atoms with E-state index in [1.165, 1.54) is 10.9 Å². The average molecular weight is 543 g/mol. The molecule has 4 heterocycles. The Morgan fingerprint density at radius 1 is 1.18 bits per heavy atom. The number of ether oxygens (including phenoxy) is 1. The lowest BCUT2D eigenvalue weighted by atomic mass is 9.90. The molecule has 1 amide bonds. The number of carbonyl (C=O) groups is 1. The van der Waals surface area contributed by atoms with Crippen molar-refractivity contribution in [2.45, 2.75) is 50.3 Å². The van der Waals surface area contributed by atoms with Gasteiger partial charge < -0.3 is 20.5 Å². The molecule has 0 saturated carbocycles. The van der Waals surface area contributed by atoms with Crippen LogP contribution in [-0.4, -0.2) is 60.5 Å². The summed E-state index contributed by atoms with van der Waals surface area (Å²) >= 11 is 0. The van der Waals surface area contributed by atoms with Gasteiger partial charge in [0.05, 0.1) is 30.2 Å². The summed E-state index contributed by atoms with van der Waals surface area (Å²) < 4.78 is 8.70. The molecule has 0 aliphatic carbocycles. The molecule has 6 rings (SSSR count). The maximum Gasteiger partial charge on any atom is 0.281 e. The van der Waals surface area contributed by atoms with Crippen molar-refractivity contribution in [3.63, 3.8) is 0 Å². The number of aromatic nitrogens is 4. The Balaban J connectivity index is 1.16. The Kier molecular flexibility index (Phi) is 6.67. The maximum atomic E-state index is 13.4. The van der Waals surface area contributed by atoms with Gasteiger partial charge in [-0.05, 0) is 42.5 Å². The standard InChI is InChI=1S/C30H34N6O4/c1-19(20-6-4-3-5-7-20)14-25(37)35-12-10-30(39,11-13-35)17-36-18-32-26-27(29(36)38)33-34(2)28(26)21-8-9-24-22(15-21)23(31)16-40-24/h3-9,15,18-19,23,39H,10-14,16-17,31H2,1-2H3. The molecule has 10 heteroatoms. The fourth-order valence-electron chi connectivity index (χ4n) is 5.86. The second-order valence-corrected chi connectivity index (χ2v) is 11.1. The van der Waals surface area contributed by atoms with Gasteiger partial charge in [0.15, 0.2) is 5.52 Å². The normalized spacial score (nSPS) is 18.9. The first kappa shape index (κ1) is 26.2. The van der Waals surface area contributed by atoms with Gasteiger partial charge in [0.2, 0.25) is 5.91 Å². The monoisotopic (exact) mass is 542 g/mol. The Morgan fingerprint density at radius 3 is 2.67 bits per heavy atom. The van der Waals surface area contributed by atoms with Gasteiger partial charge in [0.1, 0.15) is 17.9 Å². The van der Waals surface area contributed by atoms with E-state index in [0.717, 1.165) is 28.1 Å². The molecule has 208 valence electrons. The van der Waals surface area contributed by atoms with Gasteiger partial charge >= 0.3 is 0 Å². The minimum absolute atomic E-state index is 0.0822. The molecular weight excluding hydrogens is 508 g/mol. The van der Waals surface area contributed by atoms with E-state index in [9.17, 15) is 14.7 Å². The predicted molar refractivity (Wildman–Crippen MR) is 151 cm³/mol. The second kappa shape index (κ2) is 10.2. The van der Waals surface area contributed by atoms with Crippen molar-refractivity contribution in [3.8, 4) is 17.0 Å². The van der Waals surface area contributed by atoms with E-state index < -0.39 is 5.60 Å². The first-order valence-electron chi connectivity index (χ1n) is 13.7. The van der Waals surface area contributed by atoms with Crippen LogP contribution in [0.1, 0.15) is 49.3 Å². The van der Waals surface area contributed by atoms with Crippen molar-refractivity contribution in [3.05, 3.63) is 76.3 Å². The van der Waals surface area contributed by atoms with E-state index in [1.54, 1.807) is 11.7 Å². The number of aliphatic hydroxyl groups is 1. The van der Waals surface area contributed by atoms with Crippen LogP contribution in [0.4, 0.5) is 0 Å². The lowest BCUT2D eigenvalue weighted by Gasteiger charge is -2.38. The third-order valence-electron chi connectivity index (χ3n) is 8.27. The van der Waals surface area contributed by atoms with E-state index in [-0.39, 0.29) is 35.5 Å².